The Bertz CT molecular complexity index is 541. The molecule has 1 aromatic rings. The molecule has 7 heteroatoms. The Morgan fingerprint density at radius 3 is 2.22 bits per heavy atom. The molecule has 1 unspecified atom stereocenters. The Balaban J connectivity index is 2.81. The van der Waals surface area contributed by atoms with Crippen molar-refractivity contribution in [2.24, 2.45) is 5.41 Å². The lowest BCUT2D eigenvalue weighted by molar-refractivity contribution is -0.213. The largest absolute Gasteiger partial charge is 0.481 e. The lowest BCUT2D eigenvalue weighted by Gasteiger charge is -2.28. The van der Waals surface area contributed by atoms with Gasteiger partial charge < -0.3 is 10.4 Å². The molecule has 0 fully saturated rings. The van der Waals surface area contributed by atoms with E-state index >= 15 is 0 Å². The van der Waals surface area contributed by atoms with E-state index in [0.717, 1.165) is 13.8 Å². The number of carboxylic acids is 1. The molecule has 1 atom stereocenters. The number of alkyl halides is 3. The number of rotatable bonds is 7. The highest BCUT2D eigenvalue weighted by Gasteiger charge is 2.48. The fraction of sp³-hybridized carbons (Fsp3) is 0.500. The second-order valence-corrected chi connectivity index (χ2v) is 6.02. The summed E-state index contributed by atoms with van der Waals surface area (Å²) in [5, 5.41) is 11.3. The molecule has 0 spiro atoms. The van der Waals surface area contributed by atoms with E-state index in [2.05, 4.69) is 5.32 Å². The van der Waals surface area contributed by atoms with Crippen LogP contribution in [-0.2, 0) is 9.59 Å². The Labute approximate surface area is 132 Å². The summed E-state index contributed by atoms with van der Waals surface area (Å²) in [5.74, 6) is -1.79. The number of benzene rings is 1. The van der Waals surface area contributed by atoms with Gasteiger partial charge >= 0.3 is 12.1 Å². The summed E-state index contributed by atoms with van der Waals surface area (Å²) in [6.07, 6.45) is -5.29. The Kier molecular flexibility index (Phi) is 6.18. The molecule has 1 aromatic carbocycles. The van der Waals surface area contributed by atoms with Crippen LogP contribution in [0.4, 0.5) is 13.2 Å². The van der Waals surface area contributed by atoms with Crippen molar-refractivity contribution in [3.63, 3.8) is 0 Å². The summed E-state index contributed by atoms with van der Waals surface area (Å²) in [6.45, 7) is 1.92. The molecule has 0 radical (unpaired) electrons. The minimum Gasteiger partial charge on any atom is -0.481 e. The van der Waals surface area contributed by atoms with Crippen LogP contribution in [0.2, 0.25) is 0 Å². The molecule has 0 aromatic heterocycles. The SMILES string of the molecule is CC(C)(CC(=O)NC(CCC(=O)O)c1ccccc1)C(F)(F)F. The third kappa shape index (κ3) is 5.92. The molecule has 0 aliphatic rings. The van der Waals surface area contributed by atoms with E-state index in [1.54, 1.807) is 30.3 Å². The molecule has 128 valence electrons. The average molecular weight is 331 g/mol. The van der Waals surface area contributed by atoms with Crippen molar-refractivity contribution in [3.8, 4) is 0 Å². The van der Waals surface area contributed by atoms with Gasteiger partial charge in [-0.25, -0.2) is 0 Å². The summed E-state index contributed by atoms with van der Waals surface area (Å²) < 4.78 is 38.6. The van der Waals surface area contributed by atoms with Gasteiger partial charge in [0.05, 0.1) is 11.5 Å². The van der Waals surface area contributed by atoms with E-state index in [9.17, 15) is 22.8 Å². The number of amides is 1. The minimum atomic E-state index is -4.49. The fourth-order valence-corrected chi connectivity index (χ4v) is 2.02. The van der Waals surface area contributed by atoms with E-state index in [1.165, 1.54) is 0 Å². The molecule has 0 saturated heterocycles. The Morgan fingerprint density at radius 1 is 1.17 bits per heavy atom. The predicted molar refractivity (Wildman–Crippen MR) is 78.6 cm³/mol. The molecular formula is C16H20F3NO3. The third-order valence-corrected chi connectivity index (χ3v) is 3.55. The highest BCUT2D eigenvalue weighted by Crippen LogP contribution is 2.40. The van der Waals surface area contributed by atoms with Crippen LogP contribution >= 0.6 is 0 Å². The number of carbonyl (C=O) groups is 2. The van der Waals surface area contributed by atoms with Gasteiger partial charge in [-0.3, -0.25) is 9.59 Å². The summed E-state index contributed by atoms with van der Waals surface area (Å²) in [5.41, 5.74) is -1.49. The molecule has 0 aliphatic carbocycles. The van der Waals surface area contributed by atoms with Gasteiger partial charge in [-0.05, 0) is 12.0 Å². The summed E-state index contributed by atoms with van der Waals surface area (Å²) >= 11 is 0. The van der Waals surface area contributed by atoms with Crippen LogP contribution in [0.25, 0.3) is 0 Å². The van der Waals surface area contributed by atoms with Crippen molar-refractivity contribution in [2.75, 3.05) is 0 Å². The van der Waals surface area contributed by atoms with Gasteiger partial charge in [0.25, 0.3) is 0 Å². The topological polar surface area (TPSA) is 66.4 Å². The summed E-state index contributed by atoms with van der Waals surface area (Å²) in [4.78, 5) is 22.7. The van der Waals surface area contributed by atoms with Gasteiger partial charge in [0.2, 0.25) is 5.91 Å². The maximum absolute atomic E-state index is 12.9. The van der Waals surface area contributed by atoms with Gasteiger partial charge in [-0.1, -0.05) is 44.2 Å². The van der Waals surface area contributed by atoms with Crippen molar-refractivity contribution >= 4 is 11.9 Å². The van der Waals surface area contributed by atoms with Gasteiger partial charge in [-0.15, -0.1) is 0 Å². The first kappa shape index (κ1) is 19.0. The zero-order chi connectivity index (χ0) is 17.7. The molecule has 1 rings (SSSR count). The van der Waals surface area contributed by atoms with Crippen molar-refractivity contribution in [1.82, 2.24) is 5.32 Å². The van der Waals surface area contributed by atoms with E-state index in [-0.39, 0.29) is 12.8 Å². The zero-order valence-corrected chi connectivity index (χ0v) is 13.0. The van der Waals surface area contributed by atoms with E-state index < -0.39 is 35.9 Å². The lowest BCUT2D eigenvalue weighted by Crippen LogP contribution is -2.39. The van der Waals surface area contributed by atoms with Crippen LogP contribution in [0.1, 0.15) is 44.7 Å². The standard InChI is InChI=1S/C16H20F3NO3/c1-15(2,16(17,18)19)10-13(21)20-12(8-9-14(22)23)11-6-4-3-5-7-11/h3-7,12H,8-10H2,1-2H3,(H,20,21)(H,22,23). The number of halogens is 3. The number of hydrogen-bond donors (Lipinski definition) is 2. The van der Waals surface area contributed by atoms with Gasteiger partial charge in [0, 0.05) is 12.8 Å². The Morgan fingerprint density at radius 2 is 1.74 bits per heavy atom. The van der Waals surface area contributed by atoms with E-state index in [1.807, 2.05) is 0 Å². The number of carboxylic acid groups (broad SMARTS) is 1. The van der Waals surface area contributed by atoms with Gasteiger partial charge in [0.15, 0.2) is 0 Å². The normalized spacial score (nSPS) is 13.4. The molecule has 1 amide bonds. The molecular weight excluding hydrogens is 311 g/mol. The molecule has 23 heavy (non-hydrogen) atoms. The highest BCUT2D eigenvalue weighted by molar-refractivity contribution is 5.77. The second kappa shape index (κ2) is 7.48. The Hall–Kier alpha value is -2.05. The van der Waals surface area contributed by atoms with Crippen molar-refractivity contribution < 1.29 is 27.9 Å². The smallest absolute Gasteiger partial charge is 0.394 e. The number of hydrogen-bond acceptors (Lipinski definition) is 2. The van der Waals surface area contributed by atoms with Crippen molar-refractivity contribution in [3.05, 3.63) is 35.9 Å². The van der Waals surface area contributed by atoms with Gasteiger partial charge in [0.1, 0.15) is 0 Å². The van der Waals surface area contributed by atoms with Crippen LogP contribution in [0.3, 0.4) is 0 Å². The second-order valence-electron chi connectivity index (χ2n) is 6.02. The molecule has 0 aliphatic heterocycles. The monoisotopic (exact) mass is 331 g/mol. The number of aliphatic carboxylic acids is 1. The van der Waals surface area contributed by atoms with Crippen molar-refractivity contribution in [1.29, 1.82) is 0 Å². The number of carbonyl (C=O) groups excluding carboxylic acids is 1. The van der Waals surface area contributed by atoms with Crippen LogP contribution < -0.4 is 5.32 Å². The predicted octanol–water partition coefficient (Wildman–Crippen LogP) is 3.69. The van der Waals surface area contributed by atoms with Crippen LogP contribution in [0.5, 0.6) is 0 Å². The lowest BCUT2D eigenvalue weighted by atomic mass is 9.88. The van der Waals surface area contributed by atoms with E-state index in [4.69, 9.17) is 5.11 Å². The van der Waals surface area contributed by atoms with Crippen LogP contribution in [-0.4, -0.2) is 23.2 Å². The number of nitrogens with one attached hydrogen (secondary N) is 1. The molecule has 0 bridgehead atoms. The maximum atomic E-state index is 12.9. The van der Waals surface area contributed by atoms with Gasteiger partial charge in [-0.2, -0.15) is 13.2 Å². The average Bonchev–Trinajstić information content (AvgIpc) is 2.42. The van der Waals surface area contributed by atoms with Crippen LogP contribution in [0, 0.1) is 5.41 Å². The molecule has 4 nitrogen and oxygen atoms in total. The quantitative estimate of drug-likeness (QED) is 0.801. The summed E-state index contributed by atoms with van der Waals surface area (Å²) in [6, 6.07) is 7.95. The third-order valence-electron chi connectivity index (χ3n) is 3.55. The fourth-order valence-electron chi connectivity index (χ4n) is 2.02. The zero-order valence-electron chi connectivity index (χ0n) is 13.0. The molecule has 2 N–H and O–H groups in total. The first-order valence-corrected chi connectivity index (χ1v) is 7.16. The van der Waals surface area contributed by atoms with Crippen molar-refractivity contribution in [2.45, 2.75) is 45.3 Å². The first-order valence-electron chi connectivity index (χ1n) is 7.16. The summed E-state index contributed by atoms with van der Waals surface area (Å²) in [7, 11) is 0. The maximum Gasteiger partial charge on any atom is 0.394 e. The molecule has 0 heterocycles. The highest BCUT2D eigenvalue weighted by atomic mass is 19.4. The first-order chi connectivity index (χ1) is 10.5. The van der Waals surface area contributed by atoms with Crippen LogP contribution in [0.15, 0.2) is 30.3 Å². The van der Waals surface area contributed by atoms with E-state index in [0.29, 0.717) is 5.56 Å². The minimum absolute atomic E-state index is 0.109. The molecule has 0 saturated carbocycles.